The van der Waals surface area contributed by atoms with Gasteiger partial charge in [-0.3, -0.25) is 0 Å². The first kappa shape index (κ1) is 14.0. The van der Waals surface area contributed by atoms with Crippen LogP contribution in [0.25, 0.3) is 11.3 Å². The molecule has 21 heavy (non-hydrogen) atoms. The predicted molar refractivity (Wildman–Crippen MR) is 91.0 cm³/mol. The van der Waals surface area contributed by atoms with Gasteiger partial charge in [-0.2, -0.15) is 0 Å². The fraction of sp³-hybridized carbons (Fsp3) is 0.0588. The molecule has 0 fully saturated rings. The fourth-order valence-corrected chi connectivity index (χ4v) is 2.66. The van der Waals surface area contributed by atoms with E-state index in [2.05, 4.69) is 41.2 Å². The molecule has 0 radical (unpaired) electrons. The molecule has 0 spiro atoms. The van der Waals surface area contributed by atoms with Crippen molar-refractivity contribution in [2.45, 2.75) is 6.92 Å². The van der Waals surface area contributed by atoms with Crippen molar-refractivity contribution < 1.29 is 0 Å². The smallest absolute Gasteiger partial charge is 0.209 e. The SMILES string of the molecule is Cc1ccc(-c2csc(/N=C/c3ccc(Cl)cc3)n2)cc1. The molecule has 3 aromatic rings. The van der Waals surface area contributed by atoms with Crippen molar-refractivity contribution >= 4 is 34.3 Å². The average molecular weight is 313 g/mol. The van der Waals surface area contributed by atoms with Gasteiger partial charge in [0.05, 0.1) is 5.69 Å². The van der Waals surface area contributed by atoms with Crippen LogP contribution in [0, 0.1) is 6.92 Å². The van der Waals surface area contributed by atoms with E-state index in [1.807, 2.05) is 29.6 Å². The number of thiazole rings is 1. The first-order valence-corrected chi connectivity index (χ1v) is 7.79. The number of nitrogens with zero attached hydrogens (tertiary/aromatic N) is 2. The van der Waals surface area contributed by atoms with E-state index in [9.17, 15) is 0 Å². The Morgan fingerprint density at radius 1 is 1.05 bits per heavy atom. The number of hydrogen-bond donors (Lipinski definition) is 0. The Bertz CT molecular complexity index is 758. The molecule has 4 heteroatoms. The molecular formula is C17H13ClN2S. The summed E-state index contributed by atoms with van der Waals surface area (Å²) in [5.41, 5.74) is 4.33. The summed E-state index contributed by atoms with van der Waals surface area (Å²) in [6.07, 6.45) is 1.80. The van der Waals surface area contributed by atoms with Gasteiger partial charge >= 0.3 is 0 Å². The fourth-order valence-electron chi connectivity index (χ4n) is 1.86. The minimum Gasteiger partial charge on any atom is -0.227 e. The third-order valence-corrected chi connectivity index (χ3v) is 4.03. The standard InChI is InChI=1S/C17H13ClN2S/c1-12-2-6-14(7-3-12)16-11-21-17(20-16)19-10-13-4-8-15(18)9-5-13/h2-11H,1H3/b19-10+. The van der Waals surface area contributed by atoms with Gasteiger partial charge in [-0.25, -0.2) is 9.98 Å². The number of rotatable bonds is 3. The molecule has 0 aliphatic carbocycles. The van der Waals surface area contributed by atoms with E-state index in [4.69, 9.17) is 11.6 Å². The van der Waals surface area contributed by atoms with Crippen molar-refractivity contribution in [3.8, 4) is 11.3 Å². The third-order valence-electron chi connectivity index (χ3n) is 3.03. The van der Waals surface area contributed by atoms with Crippen molar-refractivity contribution in [2.75, 3.05) is 0 Å². The van der Waals surface area contributed by atoms with Gasteiger partial charge in [0.1, 0.15) is 0 Å². The Hall–Kier alpha value is -1.97. The molecule has 0 aliphatic heterocycles. The number of halogens is 1. The monoisotopic (exact) mass is 312 g/mol. The van der Waals surface area contributed by atoms with Crippen molar-refractivity contribution in [3.63, 3.8) is 0 Å². The Morgan fingerprint density at radius 2 is 1.76 bits per heavy atom. The molecule has 1 heterocycles. The van der Waals surface area contributed by atoms with E-state index in [0.29, 0.717) is 0 Å². The van der Waals surface area contributed by atoms with Gasteiger partial charge in [0, 0.05) is 22.2 Å². The second-order valence-electron chi connectivity index (χ2n) is 4.69. The Kier molecular flexibility index (Phi) is 4.13. The maximum absolute atomic E-state index is 5.86. The summed E-state index contributed by atoms with van der Waals surface area (Å²) in [4.78, 5) is 8.95. The van der Waals surface area contributed by atoms with Crippen LogP contribution in [0.3, 0.4) is 0 Å². The lowest BCUT2D eigenvalue weighted by atomic mass is 10.1. The normalized spacial score (nSPS) is 11.1. The van der Waals surface area contributed by atoms with Crippen molar-refractivity contribution in [1.82, 2.24) is 4.98 Å². The number of hydrogen-bond acceptors (Lipinski definition) is 3. The van der Waals surface area contributed by atoms with Gasteiger partial charge in [0.25, 0.3) is 0 Å². The molecule has 0 N–H and O–H groups in total. The van der Waals surface area contributed by atoms with Gasteiger partial charge in [0.2, 0.25) is 5.13 Å². The quantitative estimate of drug-likeness (QED) is 0.584. The second kappa shape index (κ2) is 6.20. The van der Waals surface area contributed by atoms with Gasteiger partial charge in [0.15, 0.2) is 0 Å². The van der Waals surface area contributed by atoms with Crippen LogP contribution >= 0.6 is 22.9 Å². The summed E-state index contributed by atoms with van der Waals surface area (Å²) in [5, 5.41) is 3.50. The molecule has 3 rings (SSSR count). The summed E-state index contributed by atoms with van der Waals surface area (Å²) < 4.78 is 0. The molecule has 2 aromatic carbocycles. The summed E-state index contributed by atoms with van der Waals surface area (Å²) in [6.45, 7) is 2.08. The molecule has 0 saturated heterocycles. The maximum atomic E-state index is 5.86. The lowest BCUT2D eigenvalue weighted by Gasteiger charge is -1.96. The van der Waals surface area contributed by atoms with Crippen molar-refractivity contribution in [3.05, 3.63) is 70.1 Å². The number of aliphatic imine (C=N–C) groups is 1. The van der Waals surface area contributed by atoms with E-state index in [1.165, 1.54) is 16.9 Å². The molecule has 0 amide bonds. The molecule has 104 valence electrons. The van der Waals surface area contributed by atoms with Gasteiger partial charge < -0.3 is 0 Å². The molecule has 2 nitrogen and oxygen atoms in total. The molecular weight excluding hydrogens is 300 g/mol. The van der Waals surface area contributed by atoms with Crippen LogP contribution in [0.5, 0.6) is 0 Å². The molecule has 1 aromatic heterocycles. The Balaban J connectivity index is 1.78. The second-order valence-corrected chi connectivity index (χ2v) is 5.96. The van der Waals surface area contributed by atoms with E-state index < -0.39 is 0 Å². The maximum Gasteiger partial charge on any atom is 0.209 e. The largest absolute Gasteiger partial charge is 0.227 e. The van der Waals surface area contributed by atoms with Crippen LogP contribution in [0.2, 0.25) is 5.02 Å². The highest BCUT2D eigenvalue weighted by Gasteiger charge is 2.03. The first-order chi connectivity index (χ1) is 10.2. The highest BCUT2D eigenvalue weighted by Crippen LogP contribution is 2.26. The van der Waals surface area contributed by atoms with E-state index >= 15 is 0 Å². The zero-order valence-electron chi connectivity index (χ0n) is 11.5. The molecule has 0 atom stereocenters. The summed E-state index contributed by atoms with van der Waals surface area (Å²) in [6, 6.07) is 15.9. The van der Waals surface area contributed by atoms with Gasteiger partial charge in [-0.1, -0.05) is 53.6 Å². The highest BCUT2D eigenvalue weighted by atomic mass is 35.5. The number of benzene rings is 2. The summed E-state index contributed by atoms with van der Waals surface area (Å²) >= 11 is 7.39. The van der Waals surface area contributed by atoms with E-state index in [-0.39, 0.29) is 0 Å². The molecule has 0 aliphatic rings. The van der Waals surface area contributed by atoms with Gasteiger partial charge in [-0.05, 0) is 24.6 Å². The molecule has 0 bridgehead atoms. The minimum atomic E-state index is 0.725. The lowest BCUT2D eigenvalue weighted by Crippen LogP contribution is -1.80. The number of aromatic nitrogens is 1. The third kappa shape index (κ3) is 3.57. The molecule has 0 saturated carbocycles. The predicted octanol–water partition coefficient (Wildman–Crippen LogP) is 5.52. The van der Waals surface area contributed by atoms with Crippen molar-refractivity contribution in [1.29, 1.82) is 0 Å². The first-order valence-electron chi connectivity index (χ1n) is 6.53. The van der Waals surface area contributed by atoms with Gasteiger partial charge in [-0.15, -0.1) is 11.3 Å². The molecule has 0 unspecified atom stereocenters. The Labute approximate surface area is 132 Å². The van der Waals surface area contributed by atoms with E-state index in [0.717, 1.165) is 27.0 Å². The lowest BCUT2D eigenvalue weighted by molar-refractivity contribution is 1.35. The summed E-state index contributed by atoms with van der Waals surface area (Å²) in [5.74, 6) is 0. The zero-order valence-corrected chi connectivity index (χ0v) is 13.0. The summed E-state index contributed by atoms with van der Waals surface area (Å²) in [7, 11) is 0. The van der Waals surface area contributed by atoms with Crippen LogP contribution in [0.1, 0.15) is 11.1 Å². The van der Waals surface area contributed by atoms with Crippen LogP contribution in [0.15, 0.2) is 58.9 Å². The van der Waals surface area contributed by atoms with Crippen molar-refractivity contribution in [2.24, 2.45) is 4.99 Å². The average Bonchev–Trinajstić information content (AvgIpc) is 2.96. The number of aryl methyl sites for hydroxylation is 1. The zero-order chi connectivity index (χ0) is 14.7. The Morgan fingerprint density at radius 3 is 2.48 bits per heavy atom. The topological polar surface area (TPSA) is 25.2 Å². The minimum absolute atomic E-state index is 0.725. The van der Waals surface area contributed by atoms with Crippen LogP contribution in [0.4, 0.5) is 5.13 Å². The van der Waals surface area contributed by atoms with Crippen LogP contribution < -0.4 is 0 Å². The van der Waals surface area contributed by atoms with Crippen LogP contribution in [-0.2, 0) is 0 Å². The highest BCUT2D eigenvalue weighted by molar-refractivity contribution is 7.13. The van der Waals surface area contributed by atoms with Crippen LogP contribution in [-0.4, -0.2) is 11.2 Å². The van der Waals surface area contributed by atoms with E-state index in [1.54, 1.807) is 6.21 Å².